The first-order valence-corrected chi connectivity index (χ1v) is 20.3. The van der Waals surface area contributed by atoms with Gasteiger partial charge in [-0.25, -0.2) is 19.6 Å². The molecular formula is C42H57N7O7. The molecule has 14 nitrogen and oxygen atoms in total. The van der Waals surface area contributed by atoms with Gasteiger partial charge in [0.05, 0.1) is 37.8 Å². The monoisotopic (exact) mass is 771 g/mol. The molecule has 2 aliphatic heterocycles. The van der Waals surface area contributed by atoms with Crippen molar-refractivity contribution in [2.45, 2.75) is 127 Å². The Morgan fingerprint density at radius 3 is 1.84 bits per heavy atom. The van der Waals surface area contributed by atoms with Crippen molar-refractivity contribution in [1.29, 1.82) is 0 Å². The number of alkyl carbamates (subject to hydrolysis) is 2. The molecule has 2 saturated heterocycles. The fraction of sp³-hybridized carbons (Fsp3) is 0.619. The van der Waals surface area contributed by atoms with E-state index in [9.17, 15) is 19.2 Å². The Hall–Kier alpha value is -4.88. The highest BCUT2D eigenvalue weighted by Crippen LogP contribution is 2.58. The van der Waals surface area contributed by atoms with Gasteiger partial charge < -0.3 is 39.3 Å². The van der Waals surface area contributed by atoms with Gasteiger partial charge >= 0.3 is 12.2 Å². The second-order valence-corrected chi connectivity index (χ2v) is 17.0. The molecule has 1 aromatic carbocycles. The van der Waals surface area contributed by atoms with Gasteiger partial charge in [-0.05, 0) is 92.6 Å². The van der Waals surface area contributed by atoms with Crippen LogP contribution in [-0.2, 0) is 29.9 Å². The molecule has 0 spiro atoms. The minimum atomic E-state index is -0.686. The Morgan fingerprint density at radius 2 is 1.30 bits per heavy atom. The second-order valence-electron chi connectivity index (χ2n) is 17.0. The molecule has 302 valence electrons. The average molecular weight is 772 g/mol. The number of nitrogens with zero attached hydrogens (tertiary/aromatic N) is 4. The highest BCUT2D eigenvalue weighted by molar-refractivity contribution is 5.87. The number of carbonyl (C=O) groups is 4. The zero-order valence-corrected chi connectivity index (χ0v) is 33.6. The predicted molar refractivity (Wildman–Crippen MR) is 207 cm³/mol. The summed E-state index contributed by atoms with van der Waals surface area (Å²) in [5.41, 5.74) is 4.40. The maximum atomic E-state index is 13.6. The van der Waals surface area contributed by atoms with Gasteiger partial charge in [-0.1, -0.05) is 52.0 Å². The van der Waals surface area contributed by atoms with E-state index in [0.717, 1.165) is 87.0 Å². The Balaban J connectivity index is 0.994. The molecule has 4 unspecified atom stereocenters. The molecule has 4 heterocycles. The van der Waals surface area contributed by atoms with Crippen molar-refractivity contribution in [3.8, 4) is 11.3 Å². The van der Waals surface area contributed by atoms with Gasteiger partial charge in [0.1, 0.15) is 30.2 Å². The summed E-state index contributed by atoms with van der Waals surface area (Å²) in [5, 5.41) is 5.43. The zero-order valence-electron chi connectivity index (χ0n) is 33.6. The first-order chi connectivity index (χ1) is 26.9. The van der Waals surface area contributed by atoms with Crippen molar-refractivity contribution < 1.29 is 33.1 Å². The lowest BCUT2D eigenvalue weighted by atomic mass is 9.51. The summed E-state index contributed by atoms with van der Waals surface area (Å²) < 4.78 is 15.7. The predicted octanol–water partition coefficient (Wildman–Crippen LogP) is 6.70. The molecule has 3 aromatic rings. The van der Waals surface area contributed by atoms with Crippen molar-refractivity contribution in [2.75, 3.05) is 27.3 Å². The van der Waals surface area contributed by atoms with E-state index in [4.69, 9.17) is 23.9 Å². The van der Waals surface area contributed by atoms with Crippen molar-refractivity contribution in [2.24, 2.45) is 11.8 Å². The molecule has 5 fully saturated rings. The molecule has 4 amide bonds. The number of likely N-dealkylation sites (tertiary alicyclic amines) is 2. The number of benzene rings is 1. The number of methoxy groups -OCH3 is 2. The van der Waals surface area contributed by atoms with Crippen LogP contribution in [0.3, 0.4) is 0 Å². The summed E-state index contributed by atoms with van der Waals surface area (Å²) in [6.45, 7) is 8.85. The smallest absolute Gasteiger partial charge is 0.407 e. The van der Waals surface area contributed by atoms with Gasteiger partial charge in [0.15, 0.2) is 0 Å². The largest absolute Gasteiger partial charge is 0.453 e. The van der Waals surface area contributed by atoms with E-state index in [1.54, 1.807) is 0 Å². The third-order valence-electron chi connectivity index (χ3n) is 13.2. The van der Waals surface area contributed by atoms with E-state index in [2.05, 4.69) is 39.9 Å². The summed E-state index contributed by atoms with van der Waals surface area (Å²) in [5.74, 6) is 0.884. The van der Waals surface area contributed by atoms with Gasteiger partial charge in [0.25, 0.3) is 0 Å². The fourth-order valence-corrected chi connectivity index (χ4v) is 9.70. The minimum Gasteiger partial charge on any atom is -0.453 e. The number of fused-ring (bicyclic) bond motifs is 3. The maximum Gasteiger partial charge on any atom is 0.407 e. The molecule has 2 aromatic heterocycles. The lowest BCUT2D eigenvalue weighted by molar-refractivity contribution is -0.136. The standard InChI is InChI=1S/C42H57N7O7/c1-25(2)33(46-39(52)54-5)37(50)48-21-7-9-30(48)35-43-23-29(44-35)27-11-13-28(14-12-27)41-15-18-42(19-16-41,20-17-41)32-24-56-36(45-32)31-10-8-22-49(31)38(51)34(26(3)4)47-40(53)55-6/h11-14,23-26,30-31,33-34H,7-10,15-22H2,1-6H3,(H,43,44)(H,46,52)(H,47,53). The number of imidazole rings is 1. The van der Waals surface area contributed by atoms with Crippen LogP contribution in [0.25, 0.3) is 11.3 Å². The summed E-state index contributed by atoms with van der Waals surface area (Å²) in [7, 11) is 2.60. The number of hydrogen-bond acceptors (Lipinski definition) is 9. The third kappa shape index (κ3) is 7.38. The molecule has 4 atom stereocenters. The molecule has 3 saturated carbocycles. The van der Waals surface area contributed by atoms with E-state index in [-0.39, 0.29) is 46.6 Å². The first kappa shape index (κ1) is 39.4. The average Bonchev–Trinajstić information content (AvgIpc) is 4.06. The third-order valence-corrected chi connectivity index (χ3v) is 13.2. The molecule has 3 N–H and O–H groups in total. The van der Waals surface area contributed by atoms with Crippen LogP contribution in [-0.4, -0.2) is 88.1 Å². The van der Waals surface area contributed by atoms with Gasteiger partial charge in [-0.15, -0.1) is 0 Å². The number of ether oxygens (including phenoxy) is 2. The van der Waals surface area contributed by atoms with Crippen LogP contribution < -0.4 is 10.6 Å². The Labute approximate surface area is 328 Å². The first-order valence-electron chi connectivity index (χ1n) is 20.3. The lowest BCUT2D eigenvalue weighted by Crippen LogP contribution is -2.51. The van der Waals surface area contributed by atoms with E-state index < -0.39 is 24.3 Å². The van der Waals surface area contributed by atoms with Crippen LogP contribution in [0.4, 0.5) is 9.59 Å². The van der Waals surface area contributed by atoms with Crippen molar-refractivity contribution in [3.63, 3.8) is 0 Å². The van der Waals surface area contributed by atoms with E-state index in [1.165, 1.54) is 19.8 Å². The van der Waals surface area contributed by atoms with Crippen molar-refractivity contribution in [1.82, 2.24) is 35.4 Å². The summed E-state index contributed by atoms with van der Waals surface area (Å²) >= 11 is 0. The summed E-state index contributed by atoms with van der Waals surface area (Å²) in [4.78, 5) is 68.2. The second kappa shape index (κ2) is 15.9. The number of aromatic nitrogens is 3. The zero-order chi connectivity index (χ0) is 39.8. The molecule has 56 heavy (non-hydrogen) atoms. The molecule has 2 bridgehead atoms. The number of oxazole rings is 1. The minimum absolute atomic E-state index is 0.0316. The number of aromatic amines is 1. The number of nitrogens with one attached hydrogen (secondary N) is 3. The van der Waals surface area contributed by atoms with Crippen LogP contribution in [0.15, 0.2) is 41.1 Å². The van der Waals surface area contributed by atoms with E-state index in [1.807, 2.05) is 50.0 Å². The van der Waals surface area contributed by atoms with Crippen LogP contribution in [0.5, 0.6) is 0 Å². The Kier molecular flexibility index (Phi) is 11.2. The number of H-pyrrole nitrogens is 1. The number of carbonyl (C=O) groups excluding carboxylic acids is 4. The number of hydrogen-bond donors (Lipinski definition) is 3. The van der Waals surface area contributed by atoms with Crippen molar-refractivity contribution in [3.05, 3.63) is 59.7 Å². The Bertz CT molecular complexity index is 1880. The molecule has 0 radical (unpaired) electrons. The molecule has 3 aliphatic carbocycles. The van der Waals surface area contributed by atoms with Crippen LogP contribution in [0, 0.1) is 11.8 Å². The van der Waals surface area contributed by atoms with Gasteiger partial charge in [0, 0.05) is 18.5 Å². The Morgan fingerprint density at radius 1 is 0.786 bits per heavy atom. The van der Waals surface area contributed by atoms with Crippen LogP contribution in [0.2, 0.25) is 0 Å². The van der Waals surface area contributed by atoms with Gasteiger partial charge in [-0.3, -0.25) is 9.59 Å². The number of rotatable bonds is 11. The maximum absolute atomic E-state index is 13.6. The van der Waals surface area contributed by atoms with Crippen molar-refractivity contribution >= 4 is 24.0 Å². The number of amides is 4. The summed E-state index contributed by atoms with van der Waals surface area (Å²) in [6, 6.07) is 7.08. The highest BCUT2D eigenvalue weighted by Gasteiger charge is 2.52. The fourth-order valence-electron chi connectivity index (χ4n) is 9.70. The molecular weight excluding hydrogens is 715 g/mol. The molecule has 5 aliphatic rings. The van der Waals surface area contributed by atoms with Gasteiger partial charge in [-0.2, -0.15) is 0 Å². The highest BCUT2D eigenvalue weighted by atomic mass is 16.5. The SMILES string of the molecule is COC(=O)NC(C(=O)N1CCCC1c1ncc(-c2ccc(C34CCC(c5coc(C6CCCN6C(=O)C(NC(=O)OC)C(C)C)n5)(CC3)CC4)cc2)[nH]1)C(C)C. The summed E-state index contributed by atoms with van der Waals surface area (Å²) in [6.07, 6.45) is 12.0. The topological polar surface area (TPSA) is 172 Å². The van der Waals surface area contributed by atoms with Gasteiger partial charge in [0.2, 0.25) is 17.7 Å². The van der Waals surface area contributed by atoms with Crippen LogP contribution >= 0.6 is 0 Å². The molecule has 8 rings (SSSR count). The van der Waals surface area contributed by atoms with Crippen LogP contribution in [0.1, 0.15) is 127 Å². The molecule has 14 heteroatoms. The van der Waals surface area contributed by atoms with E-state index >= 15 is 0 Å². The normalized spacial score (nSPS) is 25.7. The lowest BCUT2D eigenvalue weighted by Gasteiger charge is -2.53. The quantitative estimate of drug-likeness (QED) is 0.192. The van der Waals surface area contributed by atoms with E-state index in [0.29, 0.717) is 19.0 Å².